The topological polar surface area (TPSA) is 98.2 Å². The van der Waals surface area contributed by atoms with Crippen molar-refractivity contribution in [3.8, 4) is 10.6 Å². The Hall–Kier alpha value is -3.78. The Morgan fingerprint density at radius 2 is 2.00 bits per heavy atom. The normalized spacial score (nSPS) is 18.2. The lowest BCUT2D eigenvalue weighted by Crippen LogP contribution is -2.27. The molecule has 8 heteroatoms. The summed E-state index contributed by atoms with van der Waals surface area (Å²) >= 11 is 1.75. The molecule has 0 aliphatic heterocycles. The van der Waals surface area contributed by atoms with Gasteiger partial charge >= 0.3 is 0 Å². The van der Waals surface area contributed by atoms with Crippen molar-refractivity contribution >= 4 is 44.4 Å². The number of thiophene rings is 1. The lowest BCUT2D eigenvalue weighted by Gasteiger charge is -2.27. The average Bonchev–Trinajstić information content (AvgIpc) is 3.48. The Bertz CT molecular complexity index is 1530. The molecule has 0 radical (unpaired) electrons. The van der Waals surface area contributed by atoms with E-state index in [1.54, 1.807) is 29.9 Å². The van der Waals surface area contributed by atoms with Crippen LogP contribution in [0.2, 0.25) is 0 Å². The first-order valence-electron chi connectivity index (χ1n) is 11.9. The zero-order chi connectivity index (χ0) is 23.9. The van der Waals surface area contributed by atoms with Crippen molar-refractivity contribution in [2.24, 2.45) is 5.92 Å². The van der Waals surface area contributed by atoms with Gasteiger partial charge in [0.05, 0.1) is 16.8 Å². The van der Waals surface area contributed by atoms with E-state index in [1.807, 2.05) is 18.3 Å². The minimum atomic E-state index is -0.00513. The van der Waals surface area contributed by atoms with Crippen LogP contribution in [0.25, 0.3) is 26.2 Å². The van der Waals surface area contributed by atoms with E-state index in [0.717, 1.165) is 53.3 Å². The van der Waals surface area contributed by atoms with Gasteiger partial charge in [-0.05, 0) is 61.8 Å². The molecule has 7 nitrogen and oxygen atoms in total. The monoisotopic (exact) mass is 482 g/mol. The molecular weight excluding hydrogens is 456 g/mol. The number of benzene rings is 1. The van der Waals surface area contributed by atoms with Gasteiger partial charge in [-0.1, -0.05) is 18.2 Å². The lowest BCUT2D eigenvalue weighted by molar-refractivity contribution is -0.120. The number of imidazole rings is 1. The Morgan fingerprint density at radius 3 is 2.77 bits per heavy atom. The first kappa shape index (κ1) is 21.7. The molecule has 1 aromatic carbocycles. The molecule has 6 rings (SSSR count). The summed E-state index contributed by atoms with van der Waals surface area (Å²) in [7, 11) is 0. The second-order valence-corrected chi connectivity index (χ2v) is 10.3. The highest BCUT2D eigenvalue weighted by Crippen LogP contribution is 2.41. The summed E-state index contributed by atoms with van der Waals surface area (Å²) in [5.41, 5.74) is 10.1. The first-order valence-corrected chi connectivity index (χ1v) is 12.7. The quantitative estimate of drug-likeness (QED) is 0.337. The van der Waals surface area contributed by atoms with Crippen LogP contribution in [0.4, 0.5) is 11.5 Å². The van der Waals surface area contributed by atoms with Gasteiger partial charge in [0.15, 0.2) is 0 Å². The van der Waals surface area contributed by atoms with Gasteiger partial charge in [-0.15, -0.1) is 11.3 Å². The van der Waals surface area contributed by atoms with Crippen LogP contribution >= 0.6 is 11.3 Å². The van der Waals surface area contributed by atoms with E-state index < -0.39 is 0 Å². The Balaban J connectivity index is 1.29. The van der Waals surface area contributed by atoms with Crippen molar-refractivity contribution in [2.45, 2.75) is 38.5 Å². The summed E-state index contributed by atoms with van der Waals surface area (Å²) in [5, 5.41) is 4.22. The van der Waals surface area contributed by atoms with Crippen molar-refractivity contribution in [2.75, 3.05) is 11.1 Å². The second-order valence-electron chi connectivity index (χ2n) is 9.23. The summed E-state index contributed by atoms with van der Waals surface area (Å²) in [6.07, 6.45) is 10.5. The van der Waals surface area contributed by atoms with E-state index in [-0.39, 0.29) is 17.7 Å². The van der Waals surface area contributed by atoms with E-state index >= 15 is 0 Å². The Morgan fingerprint density at radius 1 is 1.14 bits per heavy atom. The smallest absolute Gasteiger partial charge is 0.227 e. The van der Waals surface area contributed by atoms with Gasteiger partial charge < -0.3 is 11.1 Å². The lowest BCUT2D eigenvalue weighted by atomic mass is 9.81. The third kappa shape index (κ3) is 3.93. The molecule has 1 saturated carbocycles. The van der Waals surface area contributed by atoms with Crippen LogP contribution in [0.1, 0.15) is 43.0 Å². The molecule has 3 N–H and O–H groups in total. The molecule has 1 fully saturated rings. The average molecular weight is 483 g/mol. The zero-order valence-corrected chi connectivity index (χ0v) is 20.3. The highest BCUT2D eigenvalue weighted by atomic mass is 32.1. The maximum Gasteiger partial charge on any atom is 0.227 e. The molecule has 5 aromatic rings. The van der Waals surface area contributed by atoms with Crippen LogP contribution in [0, 0.1) is 12.8 Å². The highest BCUT2D eigenvalue weighted by molar-refractivity contribution is 7.22. The molecule has 0 saturated heterocycles. The molecule has 4 aromatic heterocycles. The number of carbonyl (C=O) groups excluding carboxylic acids is 1. The second kappa shape index (κ2) is 8.78. The van der Waals surface area contributed by atoms with Crippen molar-refractivity contribution in [3.05, 3.63) is 72.6 Å². The van der Waals surface area contributed by atoms with Crippen LogP contribution in [0.15, 0.2) is 61.2 Å². The Kier molecular flexibility index (Phi) is 5.45. The van der Waals surface area contributed by atoms with Crippen molar-refractivity contribution in [1.82, 2.24) is 19.4 Å². The van der Waals surface area contributed by atoms with Crippen LogP contribution < -0.4 is 11.1 Å². The number of aromatic nitrogens is 4. The van der Waals surface area contributed by atoms with Gasteiger partial charge in [-0.3, -0.25) is 14.2 Å². The van der Waals surface area contributed by atoms with Crippen LogP contribution in [-0.2, 0) is 4.79 Å². The van der Waals surface area contributed by atoms with Crippen LogP contribution in [0.5, 0.6) is 0 Å². The number of amides is 1. The van der Waals surface area contributed by atoms with Crippen LogP contribution in [-0.4, -0.2) is 25.3 Å². The maximum absolute atomic E-state index is 12.8. The molecule has 4 heterocycles. The summed E-state index contributed by atoms with van der Waals surface area (Å²) in [4.78, 5) is 27.5. The molecular formula is C27H26N6OS. The van der Waals surface area contributed by atoms with Gasteiger partial charge in [0.25, 0.3) is 0 Å². The molecule has 0 bridgehead atoms. The zero-order valence-electron chi connectivity index (χ0n) is 19.4. The van der Waals surface area contributed by atoms with E-state index in [4.69, 9.17) is 10.7 Å². The molecule has 0 unspecified atom stereocenters. The van der Waals surface area contributed by atoms with Gasteiger partial charge in [0.1, 0.15) is 22.9 Å². The minimum absolute atomic E-state index is 0.00513. The standard InChI is InChI=1S/C27H26N6OS/c1-16-4-2-5-19-14-21(35-24(16)19)22-23-25(28)30-12-13-33(23)26(32-22)17-7-9-18(10-8-17)27(34)31-20-6-3-11-29-15-20/h2-6,11-15,17-18H,7-10H2,1H3,(H2,28,30)(H,31,34)/t17-,18-. The number of pyridine rings is 1. The number of hydrogen-bond acceptors (Lipinski definition) is 6. The van der Waals surface area contributed by atoms with Gasteiger partial charge in [0, 0.05) is 35.1 Å². The highest BCUT2D eigenvalue weighted by Gasteiger charge is 2.31. The number of fused-ring (bicyclic) bond motifs is 2. The fourth-order valence-electron chi connectivity index (χ4n) is 5.17. The van der Waals surface area contributed by atoms with Gasteiger partial charge in [0.2, 0.25) is 5.91 Å². The number of nitrogens with zero attached hydrogens (tertiary/aromatic N) is 4. The van der Waals surface area contributed by atoms with Gasteiger partial charge in [-0.2, -0.15) is 0 Å². The predicted octanol–water partition coefficient (Wildman–Crippen LogP) is 5.81. The van der Waals surface area contributed by atoms with Crippen molar-refractivity contribution in [1.29, 1.82) is 0 Å². The minimum Gasteiger partial charge on any atom is -0.382 e. The molecule has 35 heavy (non-hydrogen) atoms. The fourth-order valence-corrected chi connectivity index (χ4v) is 6.29. The number of aryl methyl sites for hydroxylation is 1. The SMILES string of the molecule is Cc1cccc2cc(-c3nc([C@H]4CC[C@H](C(=O)Nc5cccnc5)CC4)n4ccnc(N)c34)sc12. The molecule has 0 spiro atoms. The number of anilines is 2. The number of nitrogen functional groups attached to an aromatic ring is 1. The number of hydrogen-bond donors (Lipinski definition) is 2. The number of nitrogens with one attached hydrogen (secondary N) is 1. The third-order valence-corrected chi connectivity index (χ3v) is 8.27. The molecule has 1 amide bonds. The number of carbonyl (C=O) groups is 1. The first-order chi connectivity index (χ1) is 17.1. The molecule has 1 aliphatic carbocycles. The third-order valence-electron chi connectivity index (χ3n) is 6.98. The largest absolute Gasteiger partial charge is 0.382 e. The van der Waals surface area contributed by atoms with E-state index in [9.17, 15) is 4.79 Å². The van der Waals surface area contributed by atoms with Crippen LogP contribution in [0.3, 0.4) is 0 Å². The molecule has 0 atom stereocenters. The summed E-state index contributed by atoms with van der Waals surface area (Å²) < 4.78 is 3.38. The van der Waals surface area contributed by atoms with E-state index in [2.05, 4.69) is 50.9 Å². The Labute approximate surface area is 207 Å². The maximum atomic E-state index is 12.8. The fraction of sp³-hybridized carbons (Fsp3) is 0.259. The summed E-state index contributed by atoms with van der Waals surface area (Å²) in [5.74, 6) is 1.81. The molecule has 176 valence electrons. The summed E-state index contributed by atoms with van der Waals surface area (Å²) in [6.45, 7) is 2.14. The summed E-state index contributed by atoms with van der Waals surface area (Å²) in [6, 6.07) is 12.3. The van der Waals surface area contributed by atoms with Gasteiger partial charge in [-0.25, -0.2) is 9.97 Å². The van der Waals surface area contributed by atoms with E-state index in [0.29, 0.717) is 5.82 Å². The number of rotatable bonds is 4. The van der Waals surface area contributed by atoms with E-state index in [1.165, 1.54) is 15.6 Å². The molecule has 1 aliphatic rings. The van der Waals surface area contributed by atoms with Crippen molar-refractivity contribution < 1.29 is 4.79 Å². The van der Waals surface area contributed by atoms with Crippen molar-refractivity contribution in [3.63, 3.8) is 0 Å². The predicted molar refractivity (Wildman–Crippen MR) is 141 cm³/mol. The number of nitrogens with two attached hydrogens (primary N) is 1.